The summed E-state index contributed by atoms with van der Waals surface area (Å²) in [4.78, 5) is 14.7. The molecule has 1 spiro atoms. The first kappa shape index (κ1) is 20.7. The highest BCUT2D eigenvalue weighted by atomic mass is 32.2. The molecule has 1 amide bonds. The molecule has 1 unspecified atom stereocenters. The van der Waals surface area contributed by atoms with Crippen LogP contribution in [0.15, 0.2) is 24.3 Å². The SMILES string of the molecule is CCN1CCC2(CCC(COc3ccc(C(=O)NS(=O)(=O)C4CC4)cc3)C2)CC1. The van der Waals surface area contributed by atoms with Crippen molar-refractivity contribution in [1.82, 2.24) is 9.62 Å². The molecular weight excluding hydrogens is 388 g/mol. The third-order valence-corrected chi connectivity index (χ3v) is 8.79. The summed E-state index contributed by atoms with van der Waals surface area (Å²) in [7, 11) is -3.52. The second-order valence-corrected chi connectivity index (χ2v) is 11.0. The maximum absolute atomic E-state index is 12.2. The molecule has 0 radical (unpaired) electrons. The number of piperidine rings is 1. The van der Waals surface area contributed by atoms with Crippen molar-refractivity contribution in [3.8, 4) is 5.75 Å². The molecule has 2 saturated carbocycles. The monoisotopic (exact) mass is 420 g/mol. The normalized spacial score (nSPS) is 24.5. The Hall–Kier alpha value is -1.60. The molecule has 1 aromatic carbocycles. The number of carbonyl (C=O) groups is 1. The molecule has 0 aromatic heterocycles. The zero-order valence-electron chi connectivity index (χ0n) is 17.2. The Labute approximate surface area is 174 Å². The summed E-state index contributed by atoms with van der Waals surface area (Å²) in [5.74, 6) is 0.753. The number of hydrogen-bond donors (Lipinski definition) is 1. The van der Waals surface area contributed by atoms with E-state index in [1.54, 1.807) is 24.3 Å². The Kier molecular flexibility index (Phi) is 5.89. The number of rotatable bonds is 7. The summed E-state index contributed by atoms with van der Waals surface area (Å²) < 4.78 is 31.9. The van der Waals surface area contributed by atoms with Crippen molar-refractivity contribution in [1.29, 1.82) is 0 Å². The summed E-state index contributed by atoms with van der Waals surface area (Å²) in [6, 6.07) is 6.76. The average Bonchev–Trinajstić information content (AvgIpc) is 3.51. The van der Waals surface area contributed by atoms with Gasteiger partial charge in [0.05, 0.1) is 11.9 Å². The minimum absolute atomic E-state index is 0.337. The maximum Gasteiger partial charge on any atom is 0.264 e. The Balaban J connectivity index is 1.25. The molecule has 1 atom stereocenters. The fourth-order valence-electron chi connectivity index (χ4n) is 4.83. The van der Waals surface area contributed by atoms with Crippen molar-refractivity contribution in [2.45, 2.75) is 57.1 Å². The Bertz CT molecular complexity index is 825. The van der Waals surface area contributed by atoms with E-state index in [0.29, 0.717) is 36.3 Å². The summed E-state index contributed by atoms with van der Waals surface area (Å²) >= 11 is 0. The fraction of sp³-hybridized carbons (Fsp3) is 0.682. The molecule has 160 valence electrons. The first-order valence-corrected chi connectivity index (χ1v) is 12.4. The lowest BCUT2D eigenvalue weighted by atomic mass is 9.76. The third kappa shape index (κ3) is 4.94. The number of sulfonamides is 1. The van der Waals surface area contributed by atoms with Crippen molar-refractivity contribution in [2.75, 3.05) is 26.2 Å². The van der Waals surface area contributed by atoms with E-state index in [0.717, 1.165) is 12.3 Å². The van der Waals surface area contributed by atoms with Gasteiger partial charge < -0.3 is 9.64 Å². The van der Waals surface area contributed by atoms with Crippen LogP contribution < -0.4 is 9.46 Å². The van der Waals surface area contributed by atoms with E-state index in [1.165, 1.54) is 45.2 Å². The third-order valence-electron chi connectivity index (χ3n) is 6.97. The molecule has 7 heteroatoms. The van der Waals surface area contributed by atoms with Gasteiger partial charge in [-0.25, -0.2) is 13.1 Å². The van der Waals surface area contributed by atoms with Gasteiger partial charge in [-0.2, -0.15) is 0 Å². The molecule has 1 saturated heterocycles. The summed E-state index contributed by atoms with van der Waals surface area (Å²) in [5, 5.41) is -0.405. The molecule has 0 bridgehead atoms. The van der Waals surface area contributed by atoms with Gasteiger partial charge in [-0.1, -0.05) is 6.92 Å². The van der Waals surface area contributed by atoms with Gasteiger partial charge in [0.15, 0.2) is 0 Å². The fourth-order valence-corrected chi connectivity index (χ4v) is 6.13. The van der Waals surface area contributed by atoms with Gasteiger partial charge in [0.25, 0.3) is 5.91 Å². The van der Waals surface area contributed by atoms with Gasteiger partial charge in [-0.15, -0.1) is 0 Å². The molecule has 29 heavy (non-hydrogen) atoms. The van der Waals surface area contributed by atoms with Crippen LogP contribution in [0.2, 0.25) is 0 Å². The van der Waals surface area contributed by atoms with Crippen LogP contribution in [0.25, 0.3) is 0 Å². The number of amides is 1. The lowest BCUT2D eigenvalue weighted by Gasteiger charge is -2.39. The summed E-state index contributed by atoms with van der Waals surface area (Å²) in [6.07, 6.45) is 7.68. The summed E-state index contributed by atoms with van der Waals surface area (Å²) in [6.45, 7) is 6.56. The van der Waals surface area contributed by atoms with Gasteiger partial charge >= 0.3 is 0 Å². The lowest BCUT2D eigenvalue weighted by molar-refractivity contribution is 0.0981. The quantitative estimate of drug-likeness (QED) is 0.733. The van der Waals surface area contributed by atoms with Crippen LogP contribution in [0.3, 0.4) is 0 Å². The van der Waals surface area contributed by atoms with E-state index < -0.39 is 21.2 Å². The van der Waals surface area contributed by atoms with Crippen molar-refractivity contribution in [3.63, 3.8) is 0 Å². The highest BCUT2D eigenvalue weighted by Crippen LogP contribution is 2.48. The zero-order valence-corrected chi connectivity index (χ0v) is 18.0. The number of hydrogen-bond acceptors (Lipinski definition) is 5. The number of benzene rings is 1. The molecule has 2 aliphatic carbocycles. The van der Waals surface area contributed by atoms with Crippen LogP contribution in [0.5, 0.6) is 5.75 Å². The van der Waals surface area contributed by atoms with Crippen LogP contribution in [0.1, 0.15) is 62.2 Å². The molecule has 3 fully saturated rings. The molecular formula is C22H32N2O4S. The van der Waals surface area contributed by atoms with E-state index in [9.17, 15) is 13.2 Å². The Morgan fingerprint density at radius 1 is 1.14 bits per heavy atom. The Morgan fingerprint density at radius 3 is 2.45 bits per heavy atom. The second kappa shape index (κ2) is 8.26. The number of nitrogens with one attached hydrogen (secondary N) is 1. The minimum atomic E-state index is -3.52. The summed E-state index contributed by atoms with van der Waals surface area (Å²) in [5.41, 5.74) is 0.860. The van der Waals surface area contributed by atoms with Gasteiger partial charge in [0, 0.05) is 5.56 Å². The van der Waals surface area contributed by atoms with Crippen molar-refractivity contribution >= 4 is 15.9 Å². The maximum atomic E-state index is 12.2. The van der Waals surface area contributed by atoms with E-state index in [2.05, 4.69) is 16.5 Å². The predicted molar refractivity (Wildman–Crippen MR) is 112 cm³/mol. The van der Waals surface area contributed by atoms with Crippen LogP contribution in [-0.2, 0) is 10.0 Å². The van der Waals surface area contributed by atoms with E-state index in [-0.39, 0.29) is 0 Å². The Morgan fingerprint density at radius 2 is 1.83 bits per heavy atom. The largest absolute Gasteiger partial charge is 0.493 e. The number of ether oxygens (including phenoxy) is 1. The lowest BCUT2D eigenvalue weighted by Crippen LogP contribution is -2.38. The van der Waals surface area contributed by atoms with Crippen molar-refractivity contribution in [3.05, 3.63) is 29.8 Å². The van der Waals surface area contributed by atoms with E-state index in [1.807, 2.05) is 0 Å². The smallest absolute Gasteiger partial charge is 0.264 e. The average molecular weight is 421 g/mol. The first-order chi connectivity index (χ1) is 13.9. The standard InChI is InChI=1S/C22H32N2O4S/c1-2-24-13-11-22(12-14-24)10-9-17(15-22)16-28-19-5-3-18(4-6-19)21(25)23-29(26,27)20-7-8-20/h3-6,17,20H,2,7-16H2,1H3,(H,23,25). The van der Waals surface area contributed by atoms with E-state index in [4.69, 9.17) is 4.74 Å². The topological polar surface area (TPSA) is 75.7 Å². The van der Waals surface area contributed by atoms with Crippen LogP contribution in [0, 0.1) is 11.3 Å². The number of carbonyl (C=O) groups excluding carboxylic acids is 1. The molecule has 1 aromatic rings. The molecule has 3 aliphatic rings. The number of likely N-dealkylation sites (tertiary alicyclic amines) is 1. The van der Waals surface area contributed by atoms with Gasteiger partial charge in [-0.05, 0) is 100 Å². The molecule has 6 nitrogen and oxygen atoms in total. The second-order valence-electron chi connectivity index (χ2n) is 9.05. The zero-order chi connectivity index (χ0) is 20.5. The van der Waals surface area contributed by atoms with Gasteiger partial charge in [0.2, 0.25) is 10.0 Å². The van der Waals surface area contributed by atoms with E-state index >= 15 is 0 Å². The first-order valence-electron chi connectivity index (χ1n) is 10.9. The predicted octanol–water partition coefficient (Wildman–Crippen LogP) is 3.19. The molecule has 1 N–H and O–H groups in total. The van der Waals surface area contributed by atoms with Crippen LogP contribution >= 0.6 is 0 Å². The highest BCUT2D eigenvalue weighted by molar-refractivity contribution is 7.91. The molecule has 1 aliphatic heterocycles. The van der Waals surface area contributed by atoms with Gasteiger partial charge in [0.1, 0.15) is 5.75 Å². The van der Waals surface area contributed by atoms with Crippen molar-refractivity contribution < 1.29 is 17.9 Å². The van der Waals surface area contributed by atoms with Gasteiger partial charge in [-0.3, -0.25) is 4.79 Å². The van der Waals surface area contributed by atoms with Crippen LogP contribution in [-0.4, -0.2) is 50.7 Å². The molecule has 1 heterocycles. The molecule has 4 rings (SSSR count). The van der Waals surface area contributed by atoms with Crippen LogP contribution in [0.4, 0.5) is 0 Å². The number of nitrogens with zero attached hydrogens (tertiary/aromatic N) is 1. The van der Waals surface area contributed by atoms with Crippen molar-refractivity contribution in [2.24, 2.45) is 11.3 Å². The highest BCUT2D eigenvalue weighted by Gasteiger charge is 2.41. The minimum Gasteiger partial charge on any atom is -0.493 e.